The first-order valence-corrected chi connectivity index (χ1v) is 11.5. The number of nitrogens with zero attached hydrogens (tertiary/aromatic N) is 2. The summed E-state index contributed by atoms with van der Waals surface area (Å²) in [4.78, 5) is 38.1. The second-order valence-electron chi connectivity index (χ2n) is 6.56. The summed E-state index contributed by atoms with van der Waals surface area (Å²) < 4.78 is 1.04. The average Bonchev–Trinajstić information content (AvgIpc) is 3.25. The quantitative estimate of drug-likeness (QED) is 0.467. The smallest absolute Gasteiger partial charge is 0.259 e. The standard InChI is InChI=1S/C19H18N4O2S3/c1-10(2)14-7-11-17(25)21-15(22-18(11)27-14)8-26-9-16(24)23-19-20-12-5-3-4-6-13(12)28-19/h3-7,10H,8-9H2,1-2H3,(H,20,23,24)(H,21,22,25). The van der Waals surface area contributed by atoms with Crippen molar-refractivity contribution in [1.29, 1.82) is 0 Å². The molecule has 1 aromatic carbocycles. The Morgan fingerprint density at radius 2 is 2.07 bits per heavy atom. The molecule has 144 valence electrons. The Kier molecular flexibility index (Phi) is 5.47. The summed E-state index contributed by atoms with van der Waals surface area (Å²) in [5.74, 6) is 1.56. The van der Waals surface area contributed by atoms with E-state index in [9.17, 15) is 9.59 Å². The van der Waals surface area contributed by atoms with E-state index in [1.807, 2.05) is 30.3 Å². The van der Waals surface area contributed by atoms with Crippen molar-refractivity contribution in [3.05, 3.63) is 51.4 Å². The number of carbonyl (C=O) groups is 1. The number of thiophene rings is 1. The number of fused-ring (bicyclic) bond motifs is 2. The number of aromatic nitrogens is 3. The maximum absolute atomic E-state index is 12.3. The molecule has 6 nitrogen and oxygen atoms in total. The molecule has 0 atom stereocenters. The highest BCUT2D eigenvalue weighted by molar-refractivity contribution is 7.99. The zero-order valence-corrected chi connectivity index (χ0v) is 17.8. The van der Waals surface area contributed by atoms with Crippen LogP contribution in [0.3, 0.4) is 0 Å². The number of aromatic amines is 1. The van der Waals surface area contributed by atoms with Crippen LogP contribution in [0.25, 0.3) is 20.4 Å². The highest BCUT2D eigenvalue weighted by Gasteiger charge is 2.12. The van der Waals surface area contributed by atoms with Crippen molar-refractivity contribution < 1.29 is 4.79 Å². The summed E-state index contributed by atoms with van der Waals surface area (Å²) in [6, 6.07) is 9.68. The molecule has 0 saturated carbocycles. The van der Waals surface area contributed by atoms with Gasteiger partial charge in [0.25, 0.3) is 5.56 Å². The van der Waals surface area contributed by atoms with E-state index in [1.165, 1.54) is 23.1 Å². The lowest BCUT2D eigenvalue weighted by Gasteiger charge is -2.02. The largest absolute Gasteiger partial charge is 0.309 e. The van der Waals surface area contributed by atoms with Gasteiger partial charge in [-0.2, -0.15) is 0 Å². The normalized spacial score (nSPS) is 11.5. The van der Waals surface area contributed by atoms with E-state index in [2.05, 4.69) is 34.1 Å². The van der Waals surface area contributed by atoms with Crippen molar-refractivity contribution in [2.24, 2.45) is 0 Å². The molecular formula is C19H18N4O2S3. The number of H-pyrrole nitrogens is 1. The fourth-order valence-electron chi connectivity index (χ4n) is 2.67. The van der Waals surface area contributed by atoms with Gasteiger partial charge in [0, 0.05) is 4.88 Å². The summed E-state index contributed by atoms with van der Waals surface area (Å²) >= 11 is 4.41. The van der Waals surface area contributed by atoms with Crippen LogP contribution in [0, 0.1) is 0 Å². The minimum atomic E-state index is -0.123. The molecule has 0 aliphatic rings. The molecule has 0 radical (unpaired) electrons. The topological polar surface area (TPSA) is 87.7 Å². The number of rotatable bonds is 6. The Labute approximate surface area is 173 Å². The number of anilines is 1. The number of hydrogen-bond acceptors (Lipinski definition) is 7. The molecule has 3 aromatic heterocycles. The Balaban J connectivity index is 1.37. The number of para-hydroxylation sites is 1. The summed E-state index contributed by atoms with van der Waals surface area (Å²) in [7, 11) is 0. The molecule has 0 aliphatic heterocycles. The molecule has 0 spiro atoms. The molecule has 28 heavy (non-hydrogen) atoms. The minimum Gasteiger partial charge on any atom is -0.309 e. The third kappa shape index (κ3) is 4.11. The number of thiazole rings is 1. The van der Waals surface area contributed by atoms with E-state index in [0.29, 0.717) is 28.0 Å². The number of amides is 1. The van der Waals surface area contributed by atoms with Gasteiger partial charge in [0.15, 0.2) is 5.13 Å². The van der Waals surface area contributed by atoms with Crippen LogP contribution in [0.15, 0.2) is 35.1 Å². The number of hydrogen-bond donors (Lipinski definition) is 2. The third-order valence-electron chi connectivity index (χ3n) is 4.05. The van der Waals surface area contributed by atoms with Gasteiger partial charge in [-0.25, -0.2) is 9.97 Å². The summed E-state index contributed by atoms with van der Waals surface area (Å²) in [6.07, 6.45) is 0. The summed E-state index contributed by atoms with van der Waals surface area (Å²) in [6.45, 7) is 4.19. The average molecular weight is 431 g/mol. The SMILES string of the molecule is CC(C)c1cc2c(=O)[nH]c(CSCC(=O)Nc3nc4ccccc4s3)nc2s1. The van der Waals surface area contributed by atoms with Crippen molar-refractivity contribution in [3.63, 3.8) is 0 Å². The number of benzene rings is 1. The molecule has 0 unspecified atom stereocenters. The van der Waals surface area contributed by atoms with Gasteiger partial charge in [-0.1, -0.05) is 37.3 Å². The second-order valence-corrected chi connectivity index (χ2v) is 9.64. The van der Waals surface area contributed by atoms with Gasteiger partial charge in [0.2, 0.25) is 5.91 Å². The first-order valence-electron chi connectivity index (χ1n) is 8.75. The van der Waals surface area contributed by atoms with E-state index in [1.54, 1.807) is 11.3 Å². The van der Waals surface area contributed by atoms with Crippen LogP contribution in [-0.4, -0.2) is 26.6 Å². The molecular weight excluding hydrogens is 412 g/mol. The van der Waals surface area contributed by atoms with Gasteiger partial charge in [0.05, 0.1) is 27.1 Å². The first-order chi connectivity index (χ1) is 13.5. The fraction of sp³-hybridized carbons (Fsp3) is 0.263. The van der Waals surface area contributed by atoms with Crippen LogP contribution in [0.5, 0.6) is 0 Å². The van der Waals surface area contributed by atoms with Crippen molar-refractivity contribution in [1.82, 2.24) is 15.0 Å². The lowest BCUT2D eigenvalue weighted by atomic mass is 10.2. The van der Waals surface area contributed by atoms with Crippen LogP contribution in [-0.2, 0) is 10.5 Å². The lowest BCUT2D eigenvalue weighted by molar-refractivity contribution is -0.113. The van der Waals surface area contributed by atoms with Crippen LogP contribution >= 0.6 is 34.4 Å². The number of nitrogens with one attached hydrogen (secondary N) is 2. The Morgan fingerprint density at radius 3 is 2.86 bits per heavy atom. The maximum Gasteiger partial charge on any atom is 0.259 e. The van der Waals surface area contributed by atoms with Gasteiger partial charge in [-0.15, -0.1) is 23.1 Å². The monoisotopic (exact) mass is 430 g/mol. The molecule has 0 saturated heterocycles. The number of carbonyl (C=O) groups excluding carboxylic acids is 1. The number of thioether (sulfide) groups is 1. The predicted octanol–water partition coefficient (Wildman–Crippen LogP) is 4.59. The van der Waals surface area contributed by atoms with Crippen molar-refractivity contribution in [2.45, 2.75) is 25.5 Å². The zero-order chi connectivity index (χ0) is 19.7. The molecule has 4 aromatic rings. The van der Waals surface area contributed by atoms with E-state index >= 15 is 0 Å². The van der Waals surface area contributed by atoms with E-state index in [0.717, 1.165) is 19.9 Å². The van der Waals surface area contributed by atoms with Crippen LogP contribution in [0.1, 0.15) is 30.5 Å². The van der Waals surface area contributed by atoms with Gasteiger partial charge in [0.1, 0.15) is 10.7 Å². The Hall–Kier alpha value is -2.23. The molecule has 3 heterocycles. The van der Waals surface area contributed by atoms with Gasteiger partial charge in [-0.05, 0) is 24.1 Å². The Morgan fingerprint density at radius 1 is 1.25 bits per heavy atom. The summed E-state index contributed by atoms with van der Waals surface area (Å²) in [5, 5.41) is 4.06. The van der Waals surface area contributed by atoms with Crippen molar-refractivity contribution in [3.8, 4) is 0 Å². The molecule has 2 N–H and O–H groups in total. The fourth-order valence-corrected chi connectivity index (χ4v) is 5.29. The highest BCUT2D eigenvalue weighted by Crippen LogP contribution is 2.28. The van der Waals surface area contributed by atoms with Gasteiger partial charge >= 0.3 is 0 Å². The Bertz CT molecular complexity index is 1180. The minimum absolute atomic E-state index is 0.120. The summed E-state index contributed by atoms with van der Waals surface area (Å²) in [5.41, 5.74) is 0.755. The molecule has 4 rings (SSSR count). The highest BCUT2D eigenvalue weighted by atomic mass is 32.2. The zero-order valence-electron chi connectivity index (χ0n) is 15.3. The van der Waals surface area contributed by atoms with Crippen LogP contribution in [0.2, 0.25) is 0 Å². The molecule has 0 aliphatic carbocycles. The van der Waals surface area contributed by atoms with Crippen molar-refractivity contribution in [2.75, 3.05) is 11.1 Å². The first kappa shape index (κ1) is 19.1. The van der Waals surface area contributed by atoms with E-state index in [-0.39, 0.29) is 17.2 Å². The van der Waals surface area contributed by atoms with Gasteiger partial charge in [-0.3, -0.25) is 9.59 Å². The van der Waals surface area contributed by atoms with Gasteiger partial charge < -0.3 is 10.3 Å². The molecule has 0 fully saturated rings. The molecule has 9 heteroatoms. The second kappa shape index (κ2) is 8.02. The third-order valence-corrected chi connectivity index (χ3v) is 7.28. The molecule has 0 bridgehead atoms. The van der Waals surface area contributed by atoms with Crippen LogP contribution in [0.4, 0.5) is 5.13 Å². The van der Waals surface area contributed by atoms with Crippen molar-refractivity contribution >= 4 is 65.9 Å². The van der Waals surface area contributed by atoms with Crippen LogP contribution < -0.4 is 10.9 Å². The lowest BCUT2D eigenvalue weighted by Crippen LogP contribution is -2.15. The van der Waals surface area contributed by atoms with E-state index in [4.69, 9.17) is 0 Å². The predicted molar refractivity (Wildman–Crippen MR) is 119 cm³/mol. The van der Waals surface area contributed by atoms with E-state index < -0.39 is 0 Å². The molecule has 1 amide bonds. The maximum atomic E-state index is 12.3.